The lowest BCUT2D eigenvalue weighted by molar-refractivity contribution is 0.785. The predicted octanol–water partition coefficient (Wildman–Crippen LogP) is 1.31. The number of hydrogen-bond acceptors (Lipinski definition) is 8. The fourth-order valence-electron chi connectivity index (χ4n) is 3.26. The lowest BCUT2D eigenvalue weighted by atomic mass is 10.1. The molecule has 2 N–H and O–H groups in total. The van der Waals surface area contributed by atoms with Crippen LogP contribution in [0, 0.1) is 0 Å². The molecule has 2 aromatic heterocycles. The van der Waals surface area contributed by atoms with Crippen LogP contribution in [-0.4, -0.2) is 59.8 Å². The van der Waals surface area contributed by atoms with Gasteiger partial charge in [0.15, 0.2) is 5.82 Å². The molecule has 0 saturated heterocycles. The molecule has 1 aliphatic heterocycles. The Morgan fingerprint density at radius 1 is 1.03 bits per heavy atom. The number of rotatable bonds is 6. The maximum atomic E-state index is 4.45. The predicted molar refractivity (Wildman–Crippen MR) is 111 cm³/mol. The Kier molecular flexibility index (Phi) is 4.78. The number of amidine groups is 1. The Hall–Kier alpha value is -4.21. The van der Waals surface area contributed by atoms with E-state index in [1.807, 2.05) is 48.5 Å². The number of aromatic amines is 1. The molecule has 0 bridgehead atoms. The van der Waals surface area contributed by atoms with E-state index in [9.17, 15) is 0 Å². The van der Waals surface area contributed by atoms with Crippen molar-refractivity contribution in [3.05, 3.63) is 77.4 Å². The molecule has 0 unspecified atom stereocenters. The zero-order valence-electron chi connectivity index (χ0n) is 16.0. The molecular formula is C20H18N10. The van der Waals surface area contributed by atoms with Crippen LogP contribution in [0.1, 0.15) is 22.8 Å². The summed E-state index contributed by atoms with van der Waals surface area (Å²) in [5.41, 5.74) is 3.66. The maximum absolute atomic E-state index is 4.45. The highest BCUT2D eigenvalue weighted by molar-refractivity contribution is 5.87. The van der Waals surface area contributed by atoms with Crippen molar-refractivity contribution in [2.24, 2.45) is 4.99 Å². The Labute approximate surface area is 171 Å². The van der Waals surface area contributed by atoms with E-state index in [0.29, 0.717) is 17.2 Å². The average Bonchev–Trinajstić information content (AvgIpc) is 3.56. The van der Waals surface area contributed by atoms with Gasteiger partial charge in [-0.3, -0.25) is 4.99 Å². The second-order valence-corrected chi connectivity index (χ2v) is 6.72. The van der Waals surface area contributed by atoms with Gasteiger partial charge in [-0.1, -0.05) is 42.5 Å². The van der Waals surface area contributed by atoms with Crippen molar-refractivity contribution in [2.45, 2.75) is 6.42 Å². The van der Waals surface area contributed by atoms with E-state index in [1.54, 1.807) is 4.68 Å². The summed E-state index contributed by atoms with van der Waals surface area (Å²) in [5.74, 6) is 1.97. The van der Waals surface area contributed by atoms with Crippen LogP contribution in [0.5, 0.6) is 0 Å². The average molecular weight is 398 g/mol. The van der Waals surface area contributed by atoms with Crippen LogP contribution in [-0.2, 0) is 6.42 Å². The van der Waals surface area contributed by atoms with Gasteiger partial charge in [0.1, 0.15) is 5.84 Å². The van der Waals surface area contributed by atoms with E-state index >= 15 is 0 Å². The Bertz CT molecular complexity index is 1170. The van der Waals surface area contributed by atoms with Crippen molar-refractivity contribution < 1.29 is 0 Å². The highest BCUT2D eigenvalue weighted by Gasteiger charge is 2.19. The van der Waals surface area contributed by atoms with E-state index in [0.717, 1.165) is 36.6 Å². The molecule has 10 nitrogen and oxygen atoms in total. The van der Waals surface area contributed by atoms with E-state index in [-0.39, 0.29) is 0 Å². The number of nitrogens with zero attached hydrogens (tertiary/aromatic N) is 8. The molecule has 0 fully saturated rings. The van der Waals surface area contributed by atoms with Crippen LogP contribution in [0.15, 0.2) is 59.6 Å². The molecule has 4 aromatic rings. The van der Waals surface area contributed by atoms with Gasteiger partial charge in [-0.25, -0.2) is 0 Å². The van der Waals surface area contributed by atoms with E-state index < -0.39 is 0 Å². The minimum Gasteiger partial charge on any atom is -0.372 e. The zero-order chi connectivity index (χ0) is 20.2. The first kappa shape index (κ1) is 17.9. The van der Waals surface area contributed by atoms with Gasteiger partial charge in [-0.2, -0.15) is 9.90 Å². The lowest BCUT2D eigenvalue weighted by Crippen LogP contribution is -2.20. The minimum atomic E-state index is 0.413. The fraction of sp³-hybridized carbons (Fsp3) is 0.150. The summed E-state index contributed by atoms with van der Waals surface area (Å²) in [4.78, 5) is 4.45. The van der Waals surface area contributed by atoms with Gasteiger partial charge in [0, 0.05) is 13.0 Å². The first-order chi connectivity index (χ1) is 14.9. The van der Waals surface area contributed by atoms with Gasteiger partial charge in [-0.15, -0.1) is 15.3 Å². The summed E-state index contributed by atoms with van der Waals surface area (Å²) in [6.45, 7) is 1.76. The number of hydrogen-bond donors (Lipinski definition) is 2. The van der Waals surface area contributed by atoms with Crippen molar-refractivity contribution >= 4 is 17.5 Å². The van der Waals surface area contributed by atoms with Gasteiger partial charge in [-0.05, 0) is 45.0 Å². The molecule has 3 heterocycles. The molecular weight excluding hydrogens is 380 g/mol. The summed E-state index contributed by atoms with van der Waals surface area (Å²) in [6.07, 6.45) is 2.75. The Morgan fingerprint density at radius 2 is 1.90 bits per heavy atom. The number of nitrogens with one attached hydrogen (secondary N) is 2. The smallest absolute Gasteiger partial charge is 0.208 e. The highest BCUT2D eigenvalue weighted by Crippen LogP contribution is 2.23. The maximum Gasteiger partial charge on any atom is 0.208 e. The van der Waals surface area contributed by atoms with Gasteiger partial charge in [0.25, 0.3) is 0 Å². The molecule has 30 heavy (non-hydrogen) atoms. The van der Waals surface area contributed by atoms with Crippen molar-refractivity contribution in [2.75, 3.05) is 13.1 Å². The number of tetrazole rings is 2. The third-order valence-electron chi connectivity index (χ3n) is 4.70. The van der Waals surface area contributed by atoms with E-state index in [4.69, 9.17) is 0 Å². The van der Waals surface area contributed by atoms with E-state index in [1.165, 1.54) is 5.56 Å². The first-order valence-electron chi connectivity index (χ1n) is 9.53. The van der Waals surface area contributed by atoms with Gasteiger partial charge in [0.2, 0.25) is 5.82 Å². The third-order valence-corrected chi connectivity index (χ3v) is 4.70. The third kappa shape index (κ3) is 3.70. The quantitative estimate of drug-likeness (QED) is 0.502. The summed E-state index contributed by atoms with van der Waals surface area (Å²) in [5, 5.41) is 30.0. The summed E-state index contributed by atoms with van der Waals surface area (Å²) in [7, 11) is 0. The van der Waals surface area contributed by atoms with Crippen molar-refractivity contribution in [1.29, 1.82) is 0 Å². The molecule has 2 aromatic carbocycles. The van der Waals surface area contributed by atoms with Gasteiger partial charge < -0.3 is 5.32 Å². The normalized spacial score (nSPS) is 13.9. The van der Waals surface area contributed by atoms with Crippen LogP contribution in [0.25, 0.3) is 17.3 Å². The molecule has 5 rings (SSSR count). The molecule has 1 aliphatic rings. The lowest BCUT2D eigenvalue weighted by Gasteiger charge is -2.07. The number of H-pyrrole nitrogens is 1. The topological polar surface area (TPSA) is 122 Å². The number of aliphatic imine (C=N–C) groups is 1. The SMILES string of the molecule is C(=C(/c1nn[nH]n1)c1nnnn1-c1ccccc1)/c1ccc(CC2=NCCN2)cc1. The molecule has 0 aliphatic carbocycles. The van der Waals surface area contributed by atoms with Gasteiger partial charge in [0.05, 0.1) is 17.8 Å². The molecule has 0 spiro atoms. The molecule has 0 saturated carbocycles. The minimum absolute atomic E-state index is 0.413. The zero-order valence-corrected chi connectivity index (χ0v) is 16.0. The van der Waals surface area contributed by atoms with Crippen LogP contribution in [0.4, 0.5) is 0 Å². The van der Waals surface area contributed by atoms with Crippen LogP contribution < -0.4 is 5.32 Å². The molecule has 10 heteroatoms. The Balaban J connectivity index is 1.50. The van der Waals surface area contributed by atoms with Gasteiger partial charge >= 0.3 is 0 Å². The standard InChI is InChI=1S/C20H18N10/c1-2-4-16(5-3-1)30-20(25-28-29-30)17(19-23-26-27-24-19)12-14-6-8-15(9-7-14)13-18-21-10-11-22-18/h1-9,12H,10-11,13H2,(H,21,22)(H,23,24,26,27)/b17-12+. The number of para-hydroxylation sites is 1. The molecule has 0 amide bonds. The second-order valence-electron chi connectivity index (χ2n) is 6.72. The summed E-state index contributed by atoms with van der Waals surface area (Å²) >= 11 is 0. The second kappa shape index (κ2) is 8.03. The molecule has 0 radical (unpaired) electrons. The van der Waals surface area contributed by atoms with Crippen LogP contribution >= 0.6 is 0 Å². The van der Waals surface area contributed by atoms with Crippen molar-refractivity contribution in [1.82, 2.24) is 46.1 Å². The monoisotopic (exact) mass is 398 g/mol. The largest absolute Gasteiger partial charge is 0.372 e. The Morgan fingerprint density at radius 3 is 2.63 bits per heavy atom. The van der Waals surface area contributed by atoms with Crippen LogP contribution in [0.2, 0.25) is 0 Å². The van der Waals surface area contributed by atoms with Crippen molar-refractivity contribution in [3.63, 3.8) is 0 Å². The fourth-order valence-corrected chi connectivity index (χ4v) is 3.26. The van der Waals surface area contributed by atoms with Crippen LogP contribution in [0.3, 0.4) is 0 Å². The number of aromatic nitrogens is 8. The molecule has 0 atom stereocenters. The first-order valence-corrected chi connectivity index (χ1v) is 9.53. The molecule has 148 valence electrons. The summed E-state index contributed by atoms with van der Waals surface area (Å²) < 4.78 is 1.65. The van der Waals surface area contributed by atoms with E-state index in [2.05, 4.69) is 58.6 Å². The number of benzene rings is 2. The van der Waals surface area contributed by atoms with Crippen molar-refractivity contribution in [3.8, 4) is 5.69 Å². The summed E-state index contributed by atoms with van der Waals surface area (Å²) in [6, 6.07) is 17.9. The highest BCUT2D eigenvalue weighted by atomic mass is 15.5.